The molecule has 6 nitrogen and oxygen atoms in total. The number of halogens is 2. The molecule has 0 spiro atoms. The average Bonchev–Trinajstić information content (AvgIpc) is 2.12. The van der Waals surface area contributed by atoms with Gasteiger partial charge in [-0.15, -0.1) is 0 Å². The Morgan fingerprint density at radius 3 is 1.22 bits per heavy atom. The largest absolute Gasteiger partial charge is 1.00 e. The zero-order chi connectivity index (χ0) is 13.0. The Morgan fingerprint density at radius 1 is 0.833 bits per heavy atom. The number of rotatable bonds is 7. The average molecular weight is 305 g/mol. The van der Waals surface area contributed by atoms with Crippen molar-refractivity contribution in [3.05, 3.63) is 0 Å². The van der Waals surface area contributed by atoms with Crippen molar-refractivity contribution in [2.24, 2.45) is 0 Å². The maximum atomic E-state index is 10.8. The molecule has 0 aromatic rings. The van der Waals surface area contributed by atoms with E-state index in [-0.39, 0.29) is 24.8 Å². The summed E-state index contributed by atoms with van der Waals surface area (Å²) in [5.74, 6) is -1.74. The molecule has 0 aliphatic heterocycles. The summed E-state index contributed by atoms with van der Waals surface area (Å²) in [6, 6.07) is 0. The molecule has 0 radical (unpaired) electrons. The third-order valence-corrected chi connectivity index (χ3v) is 2.58. The van der Waals surface area contributed by atoms with E-state index >= 15 is 0 Å². The first kappa shape index (κ1) is 22.6. The van der Waals surface area contributed by atoms with Gasteiger partial charge in [0.05, 0.1) is 0 Å². The van der Waals surface area contributed by atoms with Gasteiger partial charge in [0.1, 0.15) is 13.1 Å². The molecule has 6 N–H and O–H groups in total. The highest BCUT2D eigenvalue weighted by Gasteiger charge is 2.33. The lowest BCUT2D eigenvalue weighted by atomic mass is 10.1. The summed E-state index contributed by atoms with van der Waals surface area (Å²) >= 11 is 0. The zero-order valence-corrected chi connectivity index (χ0v) is 12.5. The quantitative estimate of drug-likeness (QED) is 0.350. The van der Waals surface area contributed by atoms with Crippen molar-refractivity contribution >= 4 is 11.9 Å². The van der Waals surface area contributed by atoms with Crippen molar-refractivity contribution in [2.75, 3.05) is 13.1 Å². The molecular weight excluding hydrogens is 283 g/mol. The summed E-state index contributed by atoms with van der Waals surface area (Å²) in [6.07, 6.45) is 0. The molecule has 0 atom stereocenters. The molecule has 18 heavy (non-hydrogen) atoms. The van der Waals surface area contributed by atoms with E-state index in [1.165, 1.54) is 0 Å². The van der Waals surface area contributed by atoms with E-state index in [1.807, 2.05) is 0 Å². The van der Waals surface area contributed by atoms with Crippen LogP contribution in [0.2, 0.25) is 0 Å². The van der Waals surface area contributed by atoms with Gasteiger partial charge in [0.15, 0.2) is 11.1 Å². The number of hydrogen-bond acceptors (Lipinski definition) is 2. The van der Waals surface area contributed by atoms with Crippen LogP contribution in [0.15, 0.2) is 0 Å². The van der Waals surface area contributed by atoms with E-state index in [0.717, 1.165) is 0 Å². The Kier molecular flexibility index (Phi) is 10.7. The molecule has 0 rings (SSSR count). The van der Waals surface area contributed by atoms with Gasteiger partial charge in [0.2, 0.25) is 0 Å². The van der Waals surface area contributed by atoms with Crippen molar-refractivity contribution in [3.8, 4) is 0 Å². The fraction of sp³-hybridized carbons (Fsp3) is 0.800. The highest BCUT2D eigenvalue weighted by molar-refractivity contribution is 5.75. The SMILES string of the molecule is CC(C)([NH2+]CC[NH2+]C(C)(C)C(=O)O)C(=O)O.[Cl-].[Cl-]. The van der Waals surface area contributed by atoms with Crippen LogP contribution in [0.3, 0.4) is 0 Å². The predicted molar refractivity (Wildman–Crippen MR) is 57.0 cm³/mol. The normalized spacial score (nSPS) is 11.1. The topological polar surface area (TPSA) is 108 Å². The molecule has 0 bridgehead atoms. The molecule has 0 unspecified atom stereocenters. The number of quaternary nitrogens is 2. The highest BCUT2D eigenvalue weighted by Crippen LogP contribution is 1.93. The molecule has 0 amide bonds. The molecule has 0 saturated carbocycles. The summed E-state index contributed by atoms with van der Waals surface area (Å²) in [6.45, 7) is 7.62. The van der Waals surface area contributed by atoms with Gasteiger partial charge >= 0.3 is 11.9 Å². The van der Waals surface area contributed by atoms with Crippen LogP contribution in [0.4, 0.5) is 0 Å². The van der Waals surface area contributed by atoms with E-state index in [0.29, 0.717) is 13.1 Å². The maximum Gasteiger partial charge on any atom is 0.364 e. The van der Waals surface area contributed by atoms with Gasteiger partial charge < -0.3 is 45.7 Å². The summed E-state index contributed by atoms with van der Waals surface area (Å²) in [7, 11) is 0. The van der Waals surface area contributed by atoms with Crippen LogP contribution in [-0.4, -0.2) is 46.3 Å². The molecule has 110 valence electrons. The van der Waals surface area contributed by atoms with Crippen LogP contribution in [0.1, 0.15) is 27.7 Å². The minimum atomic E-state index is -0.870. The van der Waals surface area contributed by atoms with Gasteiger partial charge in [-0.05, 0) is 0 Å². The Morgan fingerprint density at radius 2 is 1.06 bits per heavy atom. The van der Waals surface area contributed by atoms with E-state index in [4.69, 9.17) is 10.2 Å². The summed E-state index contributed by atoms with van der Waals surface area (Å²) in [5.41, 5.74) is -1.72. The van der Waals surface area contributed by atoms with Gasteiger partial charge in [-0.2, -0.15) is 0 Å². The monoisotopic (exact) mass is 304 g/mol. The Labute approximate surface area is 119 Å². The van der Waals surface area contributed by atoms with E-state index in [2.05, 4.69) is 0 Å². The number of nitrogens with two attached hydrogens (primary N) is 2. The Hall–Kier alpha value is -0.560. The van der Waals surface area contributed by atoms with Crippen molar-refractivity contribution in [2.45, 2.75) is 38.8 Å². The van der Waals surface area contributed by atoms with Gasteiger partial charge in [-0.3, -0.25) is 0 Å². The van der Waals surface area contributed by atoms with Gasteiger partial charge in [0, 0.05) is 27.7 Å². The Balaban J connectivity index is -0.00000112. The van der Waals surface area contributed by atoms with Crippen LogP contribution < -0.4 is 35.4 Å². The maximum absolute atomic E-state index is 10.8. The highest BCUT2D eigenvalue weighted by atomic mass is 35.5. The molecule has 0 aromatic carbocycles. The van der Waals surface area contributed by atoms with Crippen LogP contribution in [0.25, 0.3) is 0 Å². The standard InChI is InChI=1S/C10H20N2O4.2ClH/c1-9(2,7(13)14)11-5-6-12-10(3,4)8(15)16;;/h11-12H,5-6H2,1-4H3,(H,13,14)(H,15,16);2*1H. The molecule has 0 heterocycles. The molecule has 0 aliphatic rings. The second-order valence-electron chi connectivity index (χ2n) is 5.04. The lowest BCUT2D eigenvalue weighted by Gasteiger charge is -2.20. The first-order valence-corrected chi connectivity index (χ1v) is 5.25. The molecule has 0 aliphatic carbocycles. The predicted octanol–water partition coefficient (Wildman–Crippen LogP) is -8.15. The van der Waals surface area contributed by atoms with Crippen LogP contribution in [-0.2, 0) is 9.59 Å². The fourth-order valence-electron chi connectivity index (χ4n) is 1.06. The lowest BCUT2D eigenvalue weighted by Crippen LogP contribution is -3.05. The number of aliphatic carboxylic acids is 2. The number of carboxylic acid groups (broad SMARTS) is 2. The molecule has 8 heteroatoms. The molecular formula is C10H22Cl2N2O4. The third-order valence-electron chi connectivity index (χ3n) is 2.58. The van der Waals surface area contributed by atoms with Gasteiger partial charge in [-0.25, -0.2) is 9.59 Å². The minimum Gasteiger partial charge on any atom is -1.00 e. The first-order chi connectivity index (χ1) is 7.09. The van der Waals surface area contributed by atoms with E-state index in [9.17, 15) is 9.59 Å². The molecule has 0 fully saturated rings. The smallest absolute Gasteiger partial charge is 0.364 e. The second kappa shape index (κ2) is 8.53. The van der Waals surface area contributed by atoms with Crippen molar-refractivity contribution in [1.82, 2.24) is 0 Å². The van der Waals surface area contributed by atoms with E-state index in [1.54, 1.807) is 38.3 Å². The zero-order valence-electron chi connectivity index (χ0n) is 11.0. The number of hydrogen-bond donors (Lipinski definition) is 4. The van der Waals surface area contributed by atoms with Gasteiger partial charge in [0.25, 0.3) is 0 Å². The fourth-order valence-corrected chi connectivity index (χ4v) is 1.06. The lowest BCUT2D eigenvalue weighted by molar-refractivity contribution is -0.770. The number of carboxylic acids is 2. The molecule has 0 saturated heterocycles. The van der Waals surface area contributed by atoms with Crippen molar-refractivity contribution < 1.29 is 55.2 Å². The van der Waals surface area contributed by atoms with Crippen LogP contribution in [0.5, 0.6) is 0 Å². The van der Waals surface area contributed by atoms with Gasteiger partial charge in [-0.1, -0.05) is 0 Å². The second-order valence-corrected chi connectivity index (χ2v) is 5.04. The van der Waals surface area contributed by atoms with Crippen LogP contribution in [0, 0.1) is 0 Å². The van der Waals surface area contributed by atoms with Crippen molar-refractivity contribution in [3.63, 3.8) is 0 Å². The van der Waals surface area contributed by atoms with Crippen LogP contribution >= 0.6 is 0 Å². The third kappa shape index (κ3) is 7.71. The summed E-state index contributed by atoms with van der Waals surface area (Å²) < 4.78 is 0. The summed E-state index contributed by atoms with van der Waals surface area (Å²) in [5, 5.41) is 21.1. The summed E-state index contributed by atoms with van der Waals surface area (Å²) in [4.78, 5) is 21.6. The first-order valence-electron chi connectivity index (χ1n) is 5.25. The minimum absolute atomic E-state index is 0. The van der Waals surface area contributed by atoms with Crippen molar-refractivity contribution in [1.29, 1.82) is 0 Å². The van der Waals surface area contributed by atoms with E-state index < -0.39 is 23.0 Å². The number of carbonyl (C=O) groups is 2. The molecule has 0 aromatic heterocycles. The Bertz CT molecular complexity index is 255.